The van der Waals surface area contributed by atoms with E-state index in [9.17, 15) is 9.59 Å². The molecule has 0 saturated carbocycles. The molecule has 6 nitrogen and oxygen atoms in total. The van der Waals surface area contributed by atoms with Crippen LogP contribution in [0.1, 0.15) is 31.7 Å². The van der Waals surface area contributed by atoms with E-state index in [1.807, 2.05) is 13.0 Å². The van der Waals surface area contributed by atoms with E-state index in [0.29, 0.717) is 30.7 Å². The van der Waals surface area contributed by atoms with Gasteiger partial charge in [-0.15, -0.1) is 0 Å². The zero-order chi connectivity index (χ0) is 16.4. The zero-order valence-corrected chi connectivity index (χ0v) is 12.9. The van der Waals surface area contributed by atoms with Crippen LogP contribution in [0.3, 0.4) is 0 Å². The molecule has 0 spiro atoms. The standard InChI is InChI=1S/C17H18N2O4/c1-2-17(11-22-13-7-5-12(10-18)6-8-13)16(21)19-9-3-4-14(19)15(20)23-17/h5-8,14H,2-4,9,11H2,1H3/t14-,17-/m1/s1. The molecule has 0 N–H and O–H groups in total. The number of carbonyl (C=O) groups is 2. The number of amides is 1. The Bertz CT molecular complexity index is 664. The quantitative estimate of drug-likeness (QED) is 0.789. The number of rotatable bonds is 4. The number of esters is 1. The van der Waals surface area contributed by atoms with Gasteiger partial charge in [0.15, 0.2) is 0 Å². The Morgan fingerprint density at radius 2 is 2.13 bits per heavy atom. The van der Waals surface area contributed by atoms with Gasteiger partial charge in [0, 0.05) is 6.54 Å². The van der Waals surface area contributed by atoms with Gasteiger partial charge in [0.25, 0.3) is 5.91 Å². The first-order chi connectivity index (χ1) is 11.1. The van der Waals surface area contributed by atoms with Crippen LogP contribution in [-0.2, 0) is 14.3 Å². The Hall–Kier alpha value is -2.55. The van der Waals surface area contributed by atoms with Crippen molar-refractivity contribution in [1.82, 2.24) is 4.90 Å². The summed E-state index contributed by atoms with van der Waals surface area (Å²) in [5.74, 6) is 0.0207. The molecule has 3 rings (SSSR count). The molecule has 0 bridgehead atoms. The maximum Gasteiger partial charge on any atom is 0.330 e. The number of morpholine rings is 1. The van der Waals surface area contributed by atoms with Crippen LogP contribution in [0.15, 0.2) is 24.3 Å². The first kappa shape index (κ1) is 15.3. The van der Waals surface area contributed by atoms with E-state index < -0.39 is 11.6 Å². The number of ether oxygens (including phenoxy) is 2. The number of nitriles is 1. The number of carbonyl (C=O) groups excluding carboxylic acids is 2. The summed E-state index contributed by atoms with van der Waals surface area (Å²) in [4.78, 5) is 26.6. The molecule has 1 amide bonds. The summed E-state index contributed by atoms with van der Waals surface area (Å²) < 4.78 is 11.2. The Kier molecular flexibility index (Phi) is 3.95. The summed E-state index contributed by atoms with van der Waals surface area (Å²) in [6.45, 7) is 2.38. The van der Waals surface area contributed by atoms with Crippen LogP contribution >= 0.6 is 0 Å². The molecule has 2 aliphatic heterocycles. The Labute approximate surface area is 134 Å². The van der Waals surface area contributed by atoms with Crippen molar-refractivity contribution in [2.75, 3.05) is 13.2 Å². The van der Waals surface area contributed by atoms with E-state index >= 15 is 0 Å². The van der Waals surface area contributed by atoms with E-state index in [-0.39, 0.29) is 18.5 Å². The number of hydrogen-bond acceptors (Lipinski definition) is 5. The van der Waals surface area contributed by atoms with Crippen LogP contribution in [0.5, 0.6) is 5.75 Å². The summed E-state index contributed by atoms with van der Waals surface area (Å²) >= 11 is 0. The first-order valence-electron chi connectivity index (χ1n) is 7.76. The number of fused-ring (bicyclic) bond motifs is 1. The van der Waals surface area contributed by atoms with Crippen molar-refractivity contribution in [2.45, 2.75) is 37.8 Å². The van der Waals surface area contributed by atoms with Gasteiger partial charge in [0.2, 0.25) is 5.60 Å². The van der Waals surface area contributed by atoms with Crippen LogP contribution < -0.4 is 4.74 Å². The molecule has 2 saturated heterocycles. The van der Waals surface area contributed by atoms with Gasteiger partial charge < -0.3 is 14.4 Å². The summed E-state index contributed by atoms with van der Waals surface area (Å²) in [6, 6.07) is 8.20. The lowest BCUT2D eigenvalue weighted by Gasteiger charge is -2.41. The lowest BCUT2D eigenvalue weighted by Crippen LogP contribution is -2.63. The van der Waals surface area contributed by atoms with Crippen molar-refractivity contribution >= 4 is 11.9 Å². The molecule has 2 fully saturated rings. The van der Waals surface area contributed by atoms with Gasteiger partial charge in [-0.05, 0) is 43.5 Å². The topological polar surface area (TPSA) is 79.6 Å². The fraction of sp³-hybridized carbons (Fsp3) is 0.471. The second-order valence-corrected chi connectivity index (χ2v) is 5.85. The average molecular weight is 314 g/mol. The van der Waals surface area contributed by atoms with Gasteiger partial charge in [0.05, 0.1) is 11.6 Å². The van der Waals surface area contributed by atoms with E-state index in [4.69, 9.17) is 14.7 Å². The predicted molar refractivity (Wildman–Crippen MR) is 80.5 cm³/mol. The third kappa shape index (κ3) is 2.63. The number of cyclic esters (lactones) is 1. The fourth-order valence-electron chi connectivity index (χ4n) is 3.06. The molecule has 0 radical (unpaired) electrons. The number of nitrogens with zero attached hydrogens (tertiary/aromatic N) is 2. The third-order valence-electron chi connectivity index (χ3n) is 4.50. The SMILES string of the molecule is CC[C@]1(COc2ccc(C#N)cc2)OC(=O)[C@H]2CCCN2C1=O. The molecule has 2 aliphatic rings. The Balaban J connectivity index is 1.76. The molecule has 2 atom stereocenters. The largest absolute Gasteiger partial charge is 0.489 e. The second-order valence-electron chi connectivity index (χ2n) is 5.85. The highest BCUT2D eigenvalue weighted by Gasteiger charge is 2.54. The highest BCUT2D eigenvalue weighted by molar-refractivity contribution is 5.96. The lowest BCUT2D eigenvalue weighted by molar-refractivity contribution is -0.195. The molecule has 0 aromatic heterocycles. The van der Waals surface area contributed by atoms with Crippen LogP contribution in [0.4, 0.5) is 0 Å². The molecule has 0 aliphatic carbocycles. The van der Waals surface area contributed by atoms with E-state index in [1.165, 1.54) is 0 Å². The average Bonchev–Trinajstić information content (AvgIpc) is 3.08. The van der Waals surface area contributed by atoms with Crippen molar-refractivity contribution in [3.8, 4) is 11.8 Å². The summed E-state index contributed by atoms with van der Waals surface area (Å²) in [7, 11) is 0. The second kappa shape index (κ2) is 5.92. The normalized spacial score (nSPS) is 26.4. The molecule has 23 heavy (non-hydrogen) atoms. The van der Waals surface area contributed by atoms with Gasteiger partial charge in [0.1, 0.15) is 18.4 Å². The van der Waals surface area contributed by atoms with Gasteiger partial charge in [-0.3, -0.25) is 4.79 Å². The molecular weight excluding hydrogens is 296 g/mol. The van der Waals surface area contributed by atoms with Crippen LogP contribution in [0, 0.1) is 11.3 Å². The third-order valence-corrected chi connectivity index (χ3v) is 4.50. The van der Waals surface area contributed by atoms with Crippen molar-refractivity contribution in [3.63, 3.8) is 0 Å². The van der Waals surface area contributed by atoms with Crippen molar-refractivity contribution in [1.29, 1.82) is 5.26 Å². The summed E-state index contributed by atoms with van der Waals surface area (Å²) in [6.07, 6.45) is 1.85. The molecule has 2 heterocycles. The number of benzene rings is 1. The van der Waals surface area contributed by atoms with Crippen molar-refractivity contribution in [2.24, 2.45) is 0 Å². The zero-order valence-electron chi connectivity index (χ0n) is 12.9. The fourth-order valence-corrected chi connectivity index (χ4v) is 3.06. The highest BCUT2D eigenvalue weighted by Crippen LogP contribution is 2.33. The summed E-state index contributed by atoms with van der Waals surface area (Å²) in [5.41, 5.74) is -0.728. The van der Waals surface area contributed by atoms with Crippen molar-refractivity contribution in [3.05, 3.63) is 29.8 Å². The van der Waals surface area contributed by atoms with Crippen LogP contribution in [0.2, 0.25) is 0 Å². The van der Waals surface area contributed by atoms with Gasteiger partial charge in [-0.25, -0.2) is 4.79 Å². The van der Waals surface area contributed by atoms with Crippen molar-refractivity contribution < 1.29 is 19.1 Å². The maximum atomic E-state index is 12.8. The minimum atomic E-state index is -1.26. The van der Waals surface area contributed by atoms with Gasteiger partial charge in [-0.2, -0.15) is 5.26 Å². The molecule has 1 aromatic rings. The first-order valence-corrected chi connectivity index (χ1v) is 7.76. The monoisotopic (exact) mass is 314 g/mol. The smallest absolute Gasteiger partial charge is 0.330 e. The summed E-state index contributed by atoms with van der Waals surface area (Å²) in [5, 5.41) is 8.79. The van der Waals surface area contributed by atoms with Gasteiger partial charge >= 0.3 is 5.97 Å². The minimum absolute atomic E-state index is 0.0246. The van der Waals surface area contributed by atoms with E-state index in [0.717, 1.165) is 6.42 Å². The molecular formula is C17H18N2O4. The van der Waals surface area contributed by atoms with Crippen LogP contribution in [0.25, 0.3) is 0 Å². The predicted octanol–water partition coefficient (Wildman–Crippen LogP) is 1.63. The molecule has 1 aromatic carbocycles. The minimum Gasteiger partial charge on any atom is -0.489 e. The molecule has 0 unspecified atom stereocenters. The van der Waals surface area contributed by atoms with E-state index in [2.05, 4.69) is 0 Å². The van der Waals surface area contributed by atoms with Gasteiger partial charge in [-0.1, -0.05) is 6.92 Å². The maximum absolute atomic E-state index is 12.8. The van der Waals surface area contributed by atoms with Crippen LogP contribution in [-0.4, -0.2) is 41.6 Å². The van der Waals surface area contributed by atoms with E-state index in [1.54, 1.807) is 29.2 Å². The Morgan fingerprint density at radius 1 is 1.39 bits per heavy atom. The number of hydrogen-bond donors (Lipinski definition) is 0. The highest BCUT2D eigenvalue weighted by atomic mass is 16.6. The lowest BCUT2D eigenvalue weighted by atomic mass is 9.96. The molecule has 120 valence electrons. The molecule has 6 heteroatoms. The Morgan fingerprint density at radius 3 is 2.78 bits per heavy atom.